The first-order valence-electron chi connectivity index (χ1n) is 9.53. The number of hydrogen-bond acceptors (Lipinski definition) is 4. The van der Waals surface area contributed by atoms with Crippen LogP contribution in [0.4, 0.5) is 0 Å². The summed E-state index contributed by atoms with van der Waals surface area (Å²) in [5.41, 5.74) is 2.80. The molecule has 2 aromatic carbocycles. The van der Waals surface area contributed by atoms with Crippen LogP contribution in [0, 0.1) is 0 Å². The average Bonchev–Trinajstić information content (AvgIpc) is 2.72. The standard InChI is InChI=1S/C23H20Cl2N2O2S/c24-19-7-3-16(4-8-19)12-22(17-5-9-20(25)10-6-17)23(18-13-27-14-18)30(28,29)21-2-1-11-26-15-21/h1-11,15,22,27H,12-14H2. The summed E-state index contributed by atoms with van der Waals surface area (Å²) >= 11 is 12.1. The molecular formula is C23H20Cl2N2O2S. The first-order chi connectivity index (χ1) is 14.4. The van der Waals surface area contributed by atoms with Gasteiger partial charge in [-0.15, -0.1) is 0 Å². The molecule has 1 aromatic heterocycles. The van der Waals surface area contributed by atoms with E-state index in [9.17, 15) is 8.42 Å². The van der Waals surface area contributed by atoms with E-state index in [0.717, 1.165) is 16.7 Å². The van der Waals surface area contributed by atoms with Crippen LogP contribution in [-0.2, 0) is 16.3 Å². The van der Waals surface area contributed by atoms with Gasteiger partial charge in [-0.25, -0.2) is 8.42 Å². The molecule has 3 aromatic rings. The van der Waals surface area contributed by atoms with Crippen molar-refractivity contribution >= 4 is 33.0 Å². The highest BCUT2D eigenvalue weighted by Gasteiger charge is 2.34. The summed E-state index contributed by atoms with van der Waals surface area (Å²) in [6, 6.07) is 18.1. The molecule has 1 N–H and O–H groups in total. The Morgan fingerprint density at radius 3 is 2.13 bits per heavy atom. The zero-order chi connectivity index (χ0) is 21.1. The van der Waals surface area contributed by atoms with Gasteiger partial charge in [0.05, 0.1) is 9.80 Å². The molecule has 0 radical (unpaired) electrons. The zero-order valence-corrected chi connectivity index (χ0v) is 18.4. The van der Waals surface area contributed by atoms with Crippen molar-refractivity contribution in [3.8, 4) is 0 Å². The van der Waals surface area contributed by atoms with Crippen LogP contribution in [0.15, 0.2) is 88.4 Å². The number of benzene rings is 2. The summed E-state index contributed by atoms with van der Waals surface area (Å²) in [6.45, 7) is 1.11. The molecule has 7 heteroatoms. The van der Waals surface area contributed by atoms with Crippen molar-refractivity contribution in [3.63, 3.8) is 0 Å². The molecule has 4 nitrogen and oxygen atoms in total. The Balaban J connectivity index is 1.86. The predicted molar refractivity (Wildman–Crippen MR) is 121 cm³/mol. The van der Waals surface area contributed by atoms with E-state index in [1.807, 2.05) is 36.4 Å². The molecule has 0 amide bonds. The van der Waals surface area contributed by atoms with Gasteiger partial charge >= 0.3 is 0 Å². The summed E-state index contributed by atoms with van der Waals surface area (Å²) < 4.78 is 27.4. The van der Waals surface area contributed by atoms with Crippen LogP contribution in [0.2, 0.25) is 10.0 Å². The first-order valence-corrected chi connectivity index (χ1v) is 11.8. The molecule has 0 bridgehead atoms. The number of halogens is 2. The summed E-state index contributed by atoms with van der Waals surface area (Å²) in [5.74, 6) is -0.356. The molecule has 0 spiro atoms. The van der Waals surface area contributed by atoms with Crippen LogP contribution in [0.5, 0.6) is 0 Å². The van der Waals surface area contributed by atoms with Crippen molar-refractivity contribution in [2.75, 3.05) is 13.1 Å². The molecule has 1 unspecified atom stereocenters. The van der Waals surface area contributed by atoms with Gasteiger partial charge in [-0.05, 0) is 59.5 Å². The lowest BCUT2D eigenvalue weighted by molar-refractivity contribution is 0.588. The Morgan fingerprint density at radius 1 is 0.967 bits per heavy atom. The van der Waals surface area contributed by atoms with Gasteiger partial charge in [0.15, 0.2) is 0 Å². The fourth-order valence-corrected chi connectivity index (χ4v) is 5.68. The van der Waals surface area contributed by atoms with Crippen LogP contribution in [0.1, 0.15) is 17.0 Å². The van der Waals surface area contributed by atoms with E-state index in [-0.39, 0.29) is 10.8 Å². The molecule has 154 valence electrons. The second kappa shape index (κ2) is 8.90. The molecule has 4 rings (SSSR count). The minimum Gasteiger partial charge on any atom is -0.309 e. The third-order valence-corrected chi connectivity index (χ3v) is 7.72. The third kappa shape index (κ3) is 4.44. The fourth-order valence-electron chi connectivity index (χ4n) is 3.59. The largest absolute Gasteiger partial charge is 0.309 e. The zero-order valence-electron chi connectivity index (χ0n) is 16.1. The Morgan fingerprint density at radius 2 is 1.60 bits per heavy atom. The normalized spacial score (nSPS) is 14.8. The lowest BCUT2D eigenvalue weighted by atomic mass is 9.88. The van der Waals surface area contributed by atoms with Gasteiger partial charge in [-0.3, -0.25) is 4.98 Å². The second-order valence-corrected chi connectivity index (χ2v) is 9.99. The van der Waals surface area contributed by atoms with Gasteiger partial charge in [-0.1, -0.05) is 47.5 Å². The smallest absolute Gasteiger partial charge is 0.204 e. The molecule has 1 atom stereocenters. The number of rotatable bonds is 6. The van der Waals surface area contributed by atoms with Crippen LogP contribution < -0.4 is 5.32 Å². The number of nitrogens with one attached hydrogen (secondary N) is 1. The van der Waals surface area contributed by atoms with Crippen molar-refractivity contribution in [2.45, 2.75) is 17.2 Å². The highest BCUT2D eigenvalue weighted by atomic mass is 35.5. The SMILES string of the molecule is O=S(=O)(C(=C1CNC1)C(Cc1ccc(Cl)cc1)c1ccc(Cl)cc1)c1cccnc1. The van der Waals surface area contributed by atoms with E-state index in [2.05, 4.69) is 10.3 Å². The molecule has 1 fully saturated rings. The van der Waals surface area contributed by atoms with Crippen LogP contribution in [-0.4, -0.2) is 26.5 Å². The minimum absolute atomic E-state index is 0.203. The number of nitrogens with zero attached hydrogens (tertiary/aromatic N) is 1. The number of hydrogen-bond donors (Lipinski definition) is 1. The number of allylic oxidation sites excluding steroid dienone is 1. The molecular weight excluding hydrogens is 439 g/mol. The maximum absolute atomic E-state index is 13.7. The topological polar surface area (TPSA) is 59.1 Å². The van der Waals surface area contributed by atoms with Crippen molar-refractivity contribution in [2.24, 2.45) is 0 Å². The van der Waals surface area contributed by atoms with Crippen molar-refractivity contribution in [3.05, 3.63) is 105 Å². The minimum atomic E-state index is -3.73. The monoisotopic (exact) mass is 458 g/mol. The van der Waals surface area contributed by atoms with Gasteiger partial charge in [0.25, 0.3) is 0 Å². The number of pyridine rings is 1. The van der Waals surface area contributed by atoms with Gasteiger partial charge < -0.3 is 5.32 Å². The highest BCUT2D eigenvalue weighted by molar-refractivity contribution is 7.95. The van der Waals surface area contributed by atoms with Gasteiger partial charge in [0, 0.05) is 41.4 Å². The maximum atomic E-state index is 13.7. The van der Waals surface area contributed by atoms with Crippen molar-refractivity contribution < 1.29 is 8.42 Å². The first kappa shape index (κ1) is 21.1. The van der Waals surface area contributed by atoms with Crippen molar-refractivity contribution in [1.82, 2.24) is 10.3 Å². The van der Waals surface area contributed by atoms with Crippen molar-refractivity contribution in [1.29, 1.82) is 0 Å². The summed E-state index contributed by atoms with van der Waals surface area (Å²) in [5, 5.41) is 4.43. The average molecular weight is 459 g/mol. The highest BCUT2D eigenvalue weighted by Crippen LogP contribution is 2.38. The van der Waals surface area contributed by atoms with Gasteiger partial charge in [0.2, 0.25) is 9.84 Å². The van der Waals surface area contributed by atoms with E-state index in [1.54, 1.807) is 30.5 Å². The Hall–Kier alpha value is -2.18. The lowest BCUT2D eigenvalue weighted by Crippen LogP contribution is -2.37. The predicted octanol–water partition coefficient (Wildman–Crippen LogP) is 5.05. The number of sulfone groups is 1. The molecule has 1 aliphatic rings. The van der Waals surface area contributed by atoms with Gasteiger partial charge in [-0.2, -0.15) is 0 Å². The Kier molecular flexibility index (Phi) is 6.25. The van der Waals surface area contributed by atoms with E-state index < -0.39 is 9.84 Å². The van der Waals surface area contributed by atoms with E-state index >= 15 is 0 Å². The fraction of sp³-hybridized carbons (Fsp3) is 0.174. The molecule has 30 heavy (non-hydrogen) atoms. The quantitative estimate of drug-likeness (QED) is 0.561. The molecule has 2 heterocycles. The molecule has 1 aliphatic heterocycles. The van der Waals surface area contributed by atoms with Crippen LogP contribution >= 0.6 is 23.2 Å². The molecule has 0 aliphatic carbocycles. The third-order valence-electron chi connectivity index (χ3n) is 5.20. The Labute approximate surface area is 186 Å². The van der Waals surface area contributed by atoms with E-state index in [1.165, 1.54) is 6.20 Å². The van der Waals surface area contributed by atoms with Crippen LogP contribution in [0.3, 0.4) is 0 Å². The second-order valence-electron chi connectivity index (χ2n) is 7.20. The van der Waals surface area contributed by atoms with E-state index in [0.29, 0.717) is 34.5 Å². The summed E-state index contributed by atoms with van der Waals surface area (Å²) in [4.78, 5) is 4.66. The Bertz CT molecular complexity index is 1150. The summed E-state index contributed by atoms with van der Waals surface area (Å²) in [7, 11) is -3.73. The maximum Gasteiger partial charge on any atom is 0.204 e. The lowest BCUT2D eigenvalue weighted by Gasteiger charge is -2.29. The van der Waals surface area contributed by atoms with Crippen LogP contribution in [0.25, 0.3) is 0 Å². The molecule has 0 saturated carbocycles. The number of aromatic nitrogens is 1. The van der Waals surface area contributed by atoms with E-state index in [4.69, 9.17) is 23.2 Å². The van der Waals surface area contributed by atoms with Gasteiger partial charge in [0.1, 0.15) is 0 Å². The molecule has 1 saturated heterocycles. The summed E-state index contributed by atoms with van der Waals surface area (Å²) in [6.07, 6.45) is 3.50.